The normalized spacial score (nSPS) is 12.7. The Kier molecular flexibility index (Phi) is 4.85. The molecule has 0 saturated heterocycles. The van der Waals surface area contributed by atoms with Crippen molar-refractivity contribution in [1.82, 2.24) is 0 Å². The molecule has 4 heteroatoms. The summed E-state index contributed by atoms with van der Waals surface area (Å²) in [6.45, 7) is 15.3. The van der Waals surface area contributed by atoms with Gasteiger partial charge in [0.25, 0.3) is 0 Å². The van der Waals surface area contributed by atoms with Gasteiger partial charge in [0.1, 0.15) is 25.4 Å². The molecule has 0 saturated carbocycles. The van der Waals surface area contributed by atoms with E-state index in [-0.39, 0.29) is 23.5 Å². The molecule has 3 nitrogen and oxygen atoms in total. The molecule has 4 aromatic carbocycles. The zero-order valence-electron chi connectivity index (χ0n) is 24.0. The predicted octanol–water partition coefficient (Wildman–Crippen LogP) is 9.19. The third-order valence-electron chi connectivity index (χ3n) is 7.21. The molecule has 0 radical (unpaired) electrons. The summed E-state index contributed by atoms with van der Waals surface area (Å²) in [7, 11) is 1.69. The van der Waals surface area contributed by atoms with Crippen LogP contribution in [0.4, 0.5) is 10.1 Å². The molecule has 186 valence electrons. The molecule has 0 unspecified atom stereocenters. The fraction of sp³-hybridized carbons (Fsp3) is 0.176. The van der Waals surface area contributed by atoms with Crippen molar-refractivity contribution in [3.05, 3.63) is 107 Å². The number of aryl methyl sites for hydroxylation is 1. The highest BCUT2D eigenvalue weighted by molar-refractivity contribution is 6.18. The van der Waals surface area contributed by atoms with Gasteiger partial charge in [0.2, 0.25) is 5.69 Å². The smallest absolute Gasteiger partial charge is 0.219 e. The molecule has 2 heterocycles. The summed E-state index contributed by atoms with van der Waals surface area (Å²) < 4.78 is 41.6. The average molecular weight is 502 g/mol. The van der Waals surface area contributed by atoms with Crippen LogP contribution in [0.15, 0.2) is 83.4 Å². The number of hydrogen-bond donors (Lipinski definition) is 0. The lowest BCUT2D eigenvalue weighted by atomic mass is 9.87. The Hall–Kier alpha value is -4.49. The molecular weight excluding hydrogens is 471 g/mol. The molecule has 0 spiro atoms. The number of pyridine rings is 1. The summed E-state index contributed by atoms with van der Waals surface area (Å²) in [6, 6.07) is 21.6. The summed E-state index contributed by atoms with van der Waals surface area (Å²) in [5.74, 6) is -0.697. The molecule has 6 rings (SSSR count). The fourth-order valence-electron chi connectivity index (χ4n) is 5.25. The van der Waals surface area contributed by atoms with Gasteiger partial charge in [0.05, 0.1) is 19.1 Å². The van der Waals surface area contributed by atoms with Crippen molar-refractivity contribution in [2.45, 2.75) is 33.1 Å². The molecule has 0 fully saturated rings. The summed E-state index contributed by atoms with van der Waals surface area (Å²) >= 11 is 0. The molecule has 2 aromatic heterocycles. The summed E-state index contributed by atoms with van der Waals surface area (Å²) in [4.78, 5) is 3.79. The van der Waals surface area contributed by atoms with Crippen LogP contribution < -0.4 is 4.57 Å². The first kappa shape index (κ1) is 21.6. The summed E-state index contributed by atoms with van der Waals surface area (Å²) in [5.41, 5.74) is 4.46. The van der Waals surface area contributed by atoms with Gasteiger partial charge < -0.3 is 4.42 Å². The number of halogens is 1. The first-order valence-corrected chi connectivity index (χ1v) is 12.6. The van der Waals surface area contributed by atoms with E-state index in [1.165, 1.54) is 0 Å². The van der Waals surface area contributed by atoms with Crippen molar-refractivity contribution in [2.75, 3.05) is 0 Å². The van der Waals surface area contributed by atoms with Crippen molar-refractivity contribution in [1.29, 1.82) is 0 Å². The highest BCUT2D eigenvalue weighted by Gasteiger charge is 2.28. The lowest BCUT2D eigenvalue weighted by Gasteiger charge is -2.18. The van der Waals surface area contributed by atoms with E-state index in [2.05, 4.69) is 29.1 Å². The van der Waals surface area contributed by atoms with E-state index in [4.69, 9.17) is 13.7 Å². The molecule has 0 atom stereocenters. The van der Waals surface area contributed by atoms with Gasteiger partial charge in [-0.3, -0.25) is 0 Å². The van der Waals surface area contributed by atoms with Gasteiger partial charge in [-0.15, -0.1) is 0 Å². The Bertz CT molecular complexity index is 2030. The molecule has 0 N–H and O–H groups in total. The zero-order valence-corrected chi connectivity index (χ0v) is 22.0. The zero-order chi connectivity index (χ0) is 28.5. The van der Waals surface area contributed by atoms with Crippen molar-refractivity contribution >= 4 is 38.4 Å². The molecule has 0 bridgehead atoms. The predicted molar refractivity (Wildman–Crippen MR) is 153 cm³/mol. The van der Waals surface area contributed by atoms with E-state index in [0.29, 0.717) is 27.8 Å². The number of fused-ring (bicyclic) bond motifs is 4. The molecule has 38 heavy (non-hydrogen) atoms. The van der Waals surface area contributed by atoms with Crippen LogP contribution in [0.3, 0.4) is 0 Å². The fourth-order valence-corrected chi connectivity index (χ4v) is 5.25. The number of benzene rings is 4. The third-order valence-corrected chi connectivity index (χ3v) is 7.21. The van der Waals surface area contributed by atoms with Crippen LogP contribution in [0.2, 0.25) is 0 Å². The van der Waals surface area contributed by atoms with Crippen molar-refractivity contribution < 1.29 is 16.1 Å². The molecule has 0 aliphatic carbocycles. The van der Waals surface area contributed by atoms with Crippen LogP contribution in [0.1, 0.15) is 34.6 Å². The second-order valence-electron chi connectivity index (χ2n) is 10.8. The van der Waals surface area contributed by atoms with E-state index >= 15 is 4.39 Å². The van der Waals surface area contributed by atoms with Gasteiger partial charge in [-0.25, -0.2) is 13.8 Å². The number of hydrogen-bond acceptors (Lipinski definition) is 1. The summed E-state index contributed by atoms with van der Waals surface area (Å²) in [5, 5.41) is 3.63. The van der Waals surface area contributed by atoms with Crippen LogP contribution >= 0.6 is 0 Å². The monoisotopic (exact) mass is 501 g/mol. The minimum absolute atomic E-state index is 0.0159. The molecule has 6 aromatic rings. The Morgan fingerprint density at radius 2 is 1.74 bits per heavy atom. The van der Waals surface area contributed by atoms with Gasteiger partial charge in [-0.05, 0) is 40.3 Å². The van der Waals surface area contributed by atoms with Gasteiger partial charge in [0.15, 0.2) is 11.9 Å². The topological polar surface area (TPSA) is 21.4 Å². The quantitative estimate of drug-likeness (QED) is 0.171. The number of nitrogens with zero attached hydrogens (tertiary/aromatic N) is 2. The van der Waals surface area contributed by atoms with Crippen LogP contribution in [-0.4, -0.2) is 0 Å². The van der Waals surface area contributed by atoms with Crippen molar-refractivity contribution in [2.24, 2.45) is 7.05 Å². The Balaban J connectivity index is 1.72. The van der Waals surface area contributed by atoms with Gasteiger partial charge >= 0.3 is 0 Å². The van der Waals surface area contributed by atoms with E-state index in [1.807, 2.05) is 70.2 Å². The highest BCUT2D eigenvalue weighted by atomic mass is 19.1. The second kappa shape index (κ2) is 8.53. The number of aromatic nitrogens is 1. The van der Waals surface area contributed by atoms with Crippen LogP contribution in [0.25, 0.3) is 59.9 Å². The molecule has 0 amide bonds. The Morgan fingerprint density at radius 1 is 0.974 bits per heavy atom. The van der Waals surface area contributed by atoms with E-state index in [1.54, 1.807) is 11.6 Å². The lowest BCUT2D eigenvalue weighted by molar-refractivity contribution is -0.661. The van der Waals surface area contributed by atoms with Crippen LogP contribution in [0, 0.1) is 19.3 Å². The van der Waals surface area contributed by atoms with Crippen molar-refractivity contribution in [3.8, 4) is 22.4 Å². The lowest BCUT2D eigenvalue weighted by Crippen LogP contribution is -2.34. The minimum atomic E-state index is -0.697. The van der Waals surface area contributed by atoms with E-state index in [9.17, 15) is 0 Å². The van der Waals surface area contributed by atoms with Crippen LogP contribution in [0.5, 0.6) is 0 Å². The highest BCUT2D eigenvalue weighted by Crippen LogP contribution is 2.45. The Labute approximate surface area is 224 Å². The number of furan rings is 1. The van der Waals surface area contributed by atoms with Gasteiger partial charge in [-0.1, -0.05) is 81.4 Å². The first-order valence-electron chi connectivity index (χ1n) is 13.6. The standard InChI is InChI=1S/C34H28FN2O/c1-20-11-14-25-31-28(36-5)16-15-24(23-13-12-21-9-7-8-10-22(21)17-23)32(31)38-33(25)30(20)29-18-27(35)26(19-37(29)6)34(2,3)4/h7-19H,1-4,6H3/q+1/i18D,19D. The minimum Gasteiger partial charge on any atom is -0.456 e. The third kappa shape index (κ3) is 3.66. The van der Waals surface area contributed by atoms with Crippen molar-refractivity contribution in [3.63, 3.8) is 0 Å². The second-order valence-corrected chi connectivity index (χ2v) is 10.8. The van der Waals surface area contributed by atoms with Crippen LogP contribution in [-0.2, 0) is 12.5 Å². The molecule has 0 aliphatic heterocycles. The summed E-state index contributed by atoms with van der Waals surface area (Å²) in [6.07, 6.45) is 0.0159. The largest absolute Gasteiger partial charge is 0.456 e. The maximum absolute atomic E-state index is 15.8. The molecule has 0 aliphatic rings. The maximum atomic E-state index is 15.8. The van der Waals surface area contributed by atoms with Gasteiger partial charge in [0, 0.05) is 22.4 Å². The van der Waals surface area contributed by atoms with Gasteiger partial charge in [-0.2, -0.15) is 0 Å². The average Bonchev–Trinajstić information content (AvgIpc) is 3.31. The maximum Gasteiger partial charge on any atom is 0.219 e. The Morgan fingerprint density at radius 3 is 2.47 bits per heavy atom. The van der Waals surface area contributed by atoms with E-state index < -0.39 is 11.2 Å². The SMILES string of the molecule is [2H]c1c(F)c(C(C)(C)C)c([2H])[n+](C)c1-c1c(C)ccc2c1oc1c(-c3ccc4ccccc4c3)ccc([N+]#[C-])c12. The first-order chi connectivity index (χ1) is 19.0. The van der Waals surface area contributed by atoms with E-state index in [0.717, 1.165) is 32.8 Å². The number of rotatable bonds is 2. The molecular formula is C34H28FN2O+.